The van der Waals surface area contributed by atoms with Crippen molar-refractivity contribution >= 4 is 51.6 Å². The Balaban J connectivity index is 1.07. The SMILES string of the molecule is CCOc1ccc(CN2CCN(C(=O)c3cc4cc(Oc5ccc(N(C)C(=O)c6ccc(Cl)c(Cl)c6)cn5)ccc4n3C)CC2)cc1. The zero-order chi connectivity index (χ0) is 33.1. The number of amides is 2. The van der Waals surface area contributed by atoms with Crippen molar-refractivity contribution in [2.45, 2.75) is 13.5 Å². The number of pyridine rings is 1. The zero-order valence-corrected chi connectivity index (χ0v) is 28.0. The third-order valence-corrected chi connectivity index (χ3v) is 9.07. The predicted molar refractivity (Wildman–Crippen MR) is 185 cm³/mol. The molecule has 3 aromatic carbocycles. The number of benzene rings is 3. The van der Waals surface area contributed by atoms with Crippen molar-refractivity contribution in [1.82, 2.24) is 19.4 Å². The van der Waals surface area contributed by atoms with Crippen LogP contribution < -0.4 is 14.4 Å². The molecule has 6 rings (SSSR count). The van der Waals surface area contributed by atoms with Crippen molar-refractivity contribution in [3.8, 4) is 17.4 Å². The molecule has 0 bridgehead atoms. The summed E-state index contributed by atoms with van der Waals surface area (Å²) in [4.78, 5) is 36.7. The molecule has 2 aromatic heterocycles. The monoisotopic (exact) mass is 671 g/mol. The minimum absolute atomic E-state index is 0.0173. The smallest absolute Gasteiger partial charge is 0.270 e. The van der Waals surface area contributed by atoms with Gasteiger partial charge >= 0.3 is 0 Å². The number of hydrogen-bond acceptors (Lipinski definition) is 6. The highest BCUT2D eigenvalue weighted by molar-refractivity contribution is 6.42. The molecule has 1 aliphatic heterocycles. The van der Waals surface area contributed by atoms with Crippen LogP contribution in [0.25, 0.3) is 10.9 Å². The number of ether oxygens (including phenoxy) is 2. The molecule has 0 aliphatic carbocycles. The van der Waals surface area contributed by atoms with Gasteiger partial charge < -0.3 is 23.8 Å². The highest BCUT2D eigenvalue weighted by atomic mass is 35.5. The summed E-state index contributed by atoms with van der Waals surface area (Å²) in [5.41, 5.74) is 3.80. The second kappa shape index (κ2) is 14.0. The van der Waals surface area contributed by atoms with E-state index in [1.165, 1.54) is 10.5 Å². The molecule has 1 saturated heterocycles. The van der Waals surface area contributed by atoms with Gasteiger partial charge in [-0.2, -0.15) is 0 Å². The van der Waals surface area contributed by atoms with Crippen LogP contribution in [0.4, 0.5) is 5.69 Å². The van der Waals surface area contributed by atoms with E-state index in [1.54, 1.807) is 43.6 Å². The summed E-state index contributed by atoms with van der Waals surface area (Å²) in [5, 5.41) is 1.59. The molecule has 5 aromatic rings. The number of aryl methyl sites for hydroxylation is 1. The molecule has 0 saturated carbocycles. The number of anilines is 1. The molecule has 3 heterocycles. The maximum Gasteiger partial charge on any atom is 0.270 e. The molecule has 11 heteroatoms. The van der Waals surface area contributed by atoms with E-state index in [1.807, 2.05) is 59.8 Å². The van der Waals surface area contributed by atoms with Crippen molar-refractivity contribution < 1.29 is 19.1 Å². The molecule has 0 atom stereocenters. The van der Waals surface area contributed by atoms with Gasteiger partial charge in [-0.15, -0.1) is 0 Å². The van der Waals surface area contributed by atoms with Crippen LogP contribution in [-0.2, 0) is 13.6 Å². The van der Waals surface area contributed by atoms with E-state index in [9.17, 15) is 9.59 Å². The summed E-state index contributed by atoms with van der Waals surface area (Å²) in [6, 6.07) is 24.0. The first kappa shape index (κ1) is 32.4. The van der Waals surface area contributed by atoms with E-state index in [-0.39, 0.29) is 11.8 Å². The lowest BCUT2D eigenvalue weighted by Crippen LogP contribution is -2.48. The van der Waals surface area contributed by atoms with E-state index < -0.39 is 0 Å². The molecule has 2 amide bonds. The van der Waals surface area contributed by atoms with Crippen LogP contribution in [-0.4, -0.2) is 71.0 Å². The number of nitrogens with zero attached hydrogens (tertiary/aromatic N) is 5. The standard InChI is InChI=1S/C36H35Cl2N5O4/c1-4-46-28-9-5-24(6-10-28)23-42-15-17-43(18-16-42)36(45)33-21-26-19-29(11-13-32(26)41(33)3)47-34-14-8-27(22-39-34)40(2)35(44)25-7-12-30(37)31(38)20-25/h5-14,19-22H,4,15-18,23H2,1-3H3. The molecule has 0 N–H and O–H groups in total. The van der Waals surface area contributed by atoms with Crippen molar-refractivity contribution in [2.75, 3.05) is 44.7 Å². The molecule has 0 unspecified atom stereocenters. The molecule has 1 aliphatic rings. The largest absolute Gasteiger partial charge is 0.494 e. The fourth-order valence-corrected chi connectivity index (χ4v) is 5.97. The van der Waals surface area contributed by atoms with Crippen molar-refractivity contribution in [2.24, 2.45) is 7.05 Å². The van der Waals surface area contributed by atoms with E-state index in [0.29, 0.717) is 58.3 Å². The number of aromatic nitrogens is 2. The molecule has 0 spiro atoms. The van der Waals surface area contributed by atoms with Gasteiger partial charge in [-0.3, -0.25) is 14.5 Å². The van der Waals surface area contributed by atoms with Gasteiger partial charge in [-0.05, 0) is 73.2 Å². The molecule has 9 nitrogen and oxygen atoms in total. The third-order valence-electron chi connectivity index (χ3n) is 8.33. The van der Waals surface area contributed by atoms with Gasteiger partial charge in [-0.25, -0.2) is 4.98 Å². The predicted octanol–water partition coefficient (Wildman–Crippen LogP) is 7.31. The first-order valence-electron chi connectivity index (χ1n) is 15.4. The number of rotatable bonds is 9. The normalized spacial score (nSPS) is 13.5. The van der Waals surface area contributed by atoms with E-state index in [4.69, 9.17) is 32.7 Å². The summed E-state index contributed by atoms with van der Waals surface area (Å²) < 4.78 is 13.5. The Morgan fingerprint density at radius 1 is 0.872 bits per heavy atom. The summed E-state index contributed by atoms with van der Waals surface area (Å²) >= 11 is 12.1. The fourth-order valence-electron chi connectivity index (χ4n) is 5.68. The first-order chi connectivity index (χ1) is 22.7. The number of carbonyl (C=O) groups is 2. The van der Waals surface area contributed by atoms with Gasteiger partial charge in [0.2, 0.25) is 5.88 Å². The summed E-state index contributed by atoms with van der Waals surface area (Å²) in [7, 11) is 3.57. The maximum absolute atomic E-state index is 13.6. The highest BCUT2D eigenvalue weighted by Gasteiger charge is 2.25. The second-order valence-corrected chi connectivity index (χ2v) is 12.2. The van der Waals surface area contributed by atoms with Gasteiger partial charge in [0, 0.05) is 69.4 Å². The molecule has 1 fully saturated rings. The van der Waals surface area contributed by atoms with Gasteiger partial charge in [-0.1, -0.05) is 35.3 Å². The van der Waals surface area contributed by atoms with Gasteiger partial charge in [0.1, 0.15) is 17.2 Å². The first-order valence-corrected chi connectivity index (χ1v) is 16.2. The van der Waals surface area contributed by atoms with Crippen LogP contribution in [0.2, 0.25) is 10.0 Å². The number of carbonyl (C=O) groups excluding carboxylic acids is 2. The minimum atomic E-state index is -0.246. The highest BCUT2D eigenvalue weighted by Crippen LogP contribution is 2.29. The Bertz CT molecular complexity index is 1900. The Morgan fingerprint density at radius 3 is 2.30 bits per heavy atom. The van der Waals surface area contributed by atoms with Crippen molar-refractivity contribution in [3.63, 3.8) is 0 Å². The van der Waals surface area contributed by atoms with Crippen LogP contribution in [0.15, 0.2) is 85.1 Å². The van der Waals surface area contributed by atoms with Crippen LogP contribution in [0.1, 0.15) is 33.3 Å². The average Bonchev–Trinajstić information content (AvgIpc) is 3.42. The summed E-state index contributed by atoms with van der Waals surface area (Å²) in [6.45, 7) is 6.44. The molecule has 47 heavy (non-hydrogen) atoms. The van der Waals surface area contributed by atoms with E-state index >= 15 is 0 Å². The Kier molecular flexibility index (Phi) is 9.68. The van der Waals surface area contributed by atoms with Crippen molar-refractivity contribution in [3.05, 3.63) is 112 Å². The van der Waals surface area contributed by atoms with Crippen LogP contribution in [0.3, 0.4) is 0 Å². The lowest BCUT2D eigenvalue weighted by Gasteiger charge is -2.34. The van der Waals surface area contributed by atoms with Crippen LogP contribution in [0.5, 0.6) is 17.4 Å². The van der Waals surface area contributed by atoms with E-state index in [2.05, 4.69) is 22.0 Å². The fraction of sp³-hybridized carbons (Fsp3) is 0.250. The molecular weight excluding hydrogens is 637 g/mol. The van der Waals surface area contributed by atoms with Gasteiger partial charge in [0.15, 0.2) is 0 Å². The Hall–Kier alpha value is -4.57. The maximum atomic E-state index is 13.6. The Morgan fingerprint density at radius 2 is 1.62 bits per heavy atom. The van der Waals surface area contributed by atoms with Crippen LogP contribution >= 0.6 is 23.2 Å². The number of piperazine rings is 1. The van der Waals surface area contributed by atoms with Gasteiger partial charge in [0.25, 0.3) is 11.8 Å². The lowest BCUT2D eigenvalue weighted by atomic mass is 10.2. The zero-order valence-electron chi connectivity index (χ0n) is 26.5. The summed E-state index contributed by atoms with van der Waals surface area (Å²) in [6.07, 6.45) is 1.57. The minimum Gasteiger partial charge on any atom is -0.494 e. The average molecular weight is 673 g/mol. The van der Waals surface area contributed by atoms with Crippen LogP contribution in [0, 0.1) is 0 Å². The Labute approximate surface area is 283 Å². The quantitative estimate of drug-likeness (QED) is 0.164. The molecule has 0 radical (unpaired) electrons. The number of hydrogen-bond donors (Lipinski definition) is 0. The lowest BCUT2D eigenvalue weighted by molar-refractivity contribution is 0.0619. The third kappa shape index (κ3) is 7.22. The topological polar surface area (TPSA) is 80.1 Å². The second-order valence-electron chi connectivity index (χ2n) is 11.4. The van der Waals surface area contributed by atoms with Gasteiger partial charge in [0.05, 0.1) is 28.5 Å². The van der Waals surface area contributed by atoms with Crippen molar-refractivity contribution in [1.29, 1.82) is 0 Å². The van der Waals surface area contributed by atoms with E-state index in [0.717, 1.165) is 36.3 Å². The number of halogens is 2. The molecular formula is C36H35Cl2N5O4. The summed E-state index contributed by atoms with van der Waals surface area (Å²) in [5.74, 6) is 1.61. The molecule has 242 valence electrons. The number of fused-ring (bicyclic) bond motifs is 1.